The normalized spacial score (nSPS) is 15.6. The maximum atomic E-state index is 15.2. The van der Waals surface area contributed by atoms with Gasteiger partial charge >= 0.3 is 0 Å². The van der Waals surface area contributed by atoms with Crippen LogP contribution in [0.2, 0.25) is 0 Å². The van der Waals surface area contributed by atoms with Gasteiger partial charge in [0.1, 0.15) is 84.1 Å². The third kappa shape index (κ3) is 16.1. The molecule has 8 aromatic heterocycles. The highest BCUT2D eigenvalue weighted by Gasteiger charge is 2.47. The predicted octanol–water partition coefficient (Wildman–Crippen LogP) is 29.0. The molecule has 2 unspecified atom stereocenters. The number of aryl methyl sites for hydroxylation is 4. The fraction of sp³-hybridized carbons (Fsp3) is 0.531. The van der Waals surface area contributed by atoms with Crippen molar-refractivity contribution in [3.63, 3.8) is 0 Å². The van der Waals surface area contributed by atoms with Crippen LogP contribution in [0, 0.1) is 37.5 Å². The molecule has 0 saturated carbocycles. The minimum atomic E-state index is -0.748. The van der Waals surface area contributed by atoms with Gasteiger partial charge in [0.2, 0.25) is 11.6 Å². The van der Waals surface area contributed by atoms with E-state index < -0.39 is 11.2 Å². The minimum absolute atomic E-state index is 0.125. The molecule has 10 heterocycles. The standard InChI is InChI=1S/C98H120N10O4S4/c1-13-17-19-21-23-25-27-29-31-37-51-97(52-38-32-30-28-26-24-22-20-18-14-2)69-55-63(11)113-93(69)95-71(111-97)57-75(115-95)78-85-84(100-82-66-46-34-36-48-68(66)92(110)90(82)102-85)76(87-88(78)106-108(16-4)105-87)73-56-70-94(114-73)96-72(112-98(70,53-49-61(9)43-39-41-59(5)6)54-50-62(10)44-40-42-60(7)8)58-74(116-96)77-83-79(64(12)80-86(77)104-107(15-3)103-80)99-81-65-45-33-35-47-67(65)91(109)89(81)101-83/h33-36,45-48,55-62H,13-32,37-44,49-54H2,1-12H3. The molecule has 0 N–H and O–H groups in total. The van der Waals surface area contributed by atoms with Crippen molar-refractivity contribution in [2.45, 2.75) is 313 Å². The lowest BCUT2D eigenvalue weighted by Crippen LogP contribution is -2.36. The Bertz CT molecular complexity index is 5540. The largest absolute Gasteiger partial charge is 0.481 e. The quantitative estimate of drug-likeness (QED) is 0.0333. The first-order chi connectivity index (χ1) is 56.4. The Morgan fingerprint density at radius 2 is 0.724 bits per heavy atom. The lowest BCUT2D eigenvalue weighted by molar-refractivity contribution is 0.0324. The van der Waals surface area contributed by atoms with Gasteiger partial charge in [0.05, 0.1) is 38.1 Å². The molecule has 4 aromatic carbocycles. The monoisotopic (exact) mass is 1630 g/mol. The van der Waals surface area contributed by atoms with Crippen LogP contribution in [0.1, 0.15) is 328 Å². The van der Waals surface area contributed by atoms with E-state index in [1.54, 1.807) is 38.8 Å². The van der Waals surface area contributed by atoms with Crippen LogP contribution in [0.25, 0.3) is 117 Å². The van der Waals surface area contributed by atoms with Crippen LogP contribution in [0.4, 0.5) is 0 Å². The second-order valence-corrected chi connectivity index (χ2v) is 39.9. The van der Waals surface area contributed by atoms with E-state index in [2.05, 4.69) is 107 Å². The van der Waals surface area contributed by atoms with Crippen molar-refractivity contribution in [2.75, 3.05) is 0 Å². The Balaban J connectivity index is 0.867. The van der Waals surface area contributed by atoms with Gasteiger partial charge in [-0.1, -0.05) is 258 Å². The van der Waals surface area contributed by atoms with Gasteiger partial charge < -0.3 is 9.47 Å². The van der Waals surface area contributed by atoms with Crippen LogP contribution in [0.15, 0.2) is 72.8 Å². The molecule has 2 aliphatic heterocycles. The molecule has 2 aliphatic carbocycles. The first-order valence-corrected chi connectivity index (χ1v) is 48.1. The number of benzene rings is 4. The zero-order chi connectivity index (χ0) is 80.5. The number of aromatic nitrogens is 10. The second-order valence-electron chi connectivity index (χ2n) is 35.5. The van der Waals surface area contributed by atoms with Crippen molar-refractivity contribution >= 4 is 101 Å². The molecule has 0 radical (unpaired) electrons. The minimum Gasteiger partial charge on any atom is -0.481 e. The van der Waals surface area contributed by atoms with Crippen molar-refractivity contribution in [3.8, 4) is 84.8 Å². The van der Waals surface area contributed by atoms with E-state index in [9.17, 15) is 4.79 Å². The summed E-state index contributed by atoms with van der Waals surface area (Å²) in [6.07, 6.45) is 38.4. The first-order valence-electron chi connectivity index (χ1n) is 44.8. The molecule has 610 valence electrons. The topological polar surface area (TPSA) is 166 Å². The summed E-state index contributed by atoms with van der Waals surface area (Å²) in [6.45, 7) is 28.5. The van der Waals surface area contributed by atoms with Gasteiger partial charge in [-0.25, -0.2) is 19.9 Å². The van der Waals surface area contributed by atoms with Crippen LogP contribution in [0.3, 0.4) is 0 Å². The molecule has 0 spiro atoms. The van der Waals surface area contributed by atoms with Crippen LogP contribution in [-0.4, -0.2) is 61.5 Å². The molecule has 12 aromatic rings. The van der Waals surface area contributed by atoms with E-state index in [1.807, 2.05) is 64.7 Å². The maximum Gasteiger partial charge on any atom is 0.214 e. The number of thiophene rings is 4. The maximum absolute atomic E-state index is 15.2. The molecular formula is C98H120N10O4S4. The lowest BCUT2D eigenvalue weighted by atomic mass is 9.78. The second kappa shape index (κ2) is 35.6. The summed E-state index contributed by atoms with van der Waals surface area (Å²) in [4.78, 5) is 64.5. The fourth-order valence-electron chi connectivity index (χ4n) is 19.1. The van der Waals surface area contributed by atoms with Crippen LogP contribution < -0.4 is 9.47 Å². The number of carbonyl (C=O) groups excluding carboxylic acids is 2. The van der Waals surface area contributed by atoms with Gasteiger partial charge in [-0.2, -0.15) is 30.0 Å². The van der Waals surface area contributed by atoms with Crippen molar-refractivity contribution in [3.05, 3.63) is 117 Å². The molecule has 16 rings (SSSR count). The summed E-state index contributed by atoms with van der Waals surface area (Å²) >= 11 is 7.15. The third-order valence-electron chi connectivity index (χ3n) is 25.7. The van der Waals surface area contributed by atoms with E-state index in [0.29, 0.717) is 98.2 Å². The molecule has 4 aliphatic rings. The van der Waals surface area contributed by atoms with E-state index in [1.165, 1.54) is 162 Å². The SMILES string of the molecule is CCCCCCCCCCCCC1(CCCCCCCCCCCC)Oc2cc(-c3c4nc5c(nc4c(-c4cc6c(s4)-c4sc(-c7c8nc9c(nc8c(C)c8nn(CC)nc78)-c7ccccc7C9=O)cc4OC6(CCC(C)CCCC(C)C)CCC(C)CCCC(C)C)c4nn(CC)nc34)-c3ccccc3C5=O)sc2-c2sc(C)cc21. The van der Waals surface area contributed by atoms with Crippen molar-refractivity contribution in [2.24, 2.45) is 23.7 Å². The average molecular weight is 1630 g/mol. The highest BCUT2D eigenvalue weighted by Crippen LogP contribution is 2.62. The third-order valence-corrected chi connectivity index (χ3v) is 30.5. The Labute approximate surface area is 703 Å². The molecule has 18 heteroatoms. The zero-order valence-electron chi connectivity index (χ0n) is 71.0. The van der Waals surface area contributed by atoms with Gasteiger partial charge in [-0.3, -0.25) is 9.59 Å². The predicted molar refractivity (Wildman–Crippen MR) is 484 cm³/mol. The number of carbonyl (C=O) groups is 2. The molecule has 2 atom stereocenters. The smallest absolute Gasteiger partial charge is 0.214 e. The molecule has 14 nitrogen and oxygen atoms in total. The number of hydrogen-bond acceptors (Lipinski definition) is 16. The zero-order valence-corrected chi connectivity index (χ0v) is 74.3. The number of fused-ring (bicyclic) bond motifs is 16. The summed E-state index contributed by atoms with van der Waals surface area (Å²) in [5.74, 6) is 3.69. The number of ether oxygens (including phenoxy) is 2. The molecule has 0 bridgehead atoms. The summed E-state index contributed by atoms with van der Waals surface area (Å²) in [7, 11) is 0. The Morgan fingerprint density at radius 3 is 1.17 bits per heavy atom. The molecular weight excluding hydrogens is 1510 g/mol. The molecule has 0 fully saturated rings. The van der Waals surface area contributed by atoms with E-state index in [-0.39, 0.29) is 11.6 Å². The number of unbranched alkanes of at least 4 members (excludes halogenated alkanes) is 18. The van der Waals surface area contributed by atoms with Gasteiger partial charge in [-0.15, -0.1) is 45.3 Å². The van der Waals surface area contributed by atoms with Crippen LogP contribution >= 0.6 is 45.3 Å². The summed E-state index contributed by atoms with van der Waals surface area (Å²) in [6, 6.07) is 25.1. The van der Waals surface area contributed by atoms with Crippen LogP contribution in [-0.2, 0) is 24.3 Å². The Morgan fingerprint density at radius 1 is 0.362 bits per heavy atom. The van der Waals surface area contributed by atoms with Crippen molar-refractivity contribution in [1.82, 2.24) is 49.9 Å². The molecule has 0 amide bonds. The molecule has 0 saturated heterocycles. The first kappa shape index (κ1) is 81.8. The average Bonchev–Trinajstić information content (AvgIpc) is 1.54. The highest BCUT2D eigenvalue weighted by atomic mass is 32.1. The van der Waals surface area contributed by atoms with Gasteiger partial charge in [0, 0.05) is 75.1 Å². The van der Waals surface area contributed by atoms with Crippen molar-refractivity contribution in [1.29, 1.82) is 0 Å². The van der Waals surface area contributed by atoms with E-state index >= 15 is 4.79 Å². The van der Waals surface area contributed by atoms with E-state index in [0.717, 1.165) is 155 Å². The highest BCUT2D eigenvalue weighted by molar-refractivity contribution is 7.26. The van der Waals surface area contributed by atoms with E-state index in [4.69, 9.17) is 49.8 Å². The Kier molecular flexibility index (Phi) is 25.1. The summed E-state index contributed by atoms with van der Waals surface area (Å²) in [5, 5.41) is 21.6. The number of rotatable bonds is 41. The number of ketones is 2. The van der Waals surface area contributed by atoms with Gasteiger partial charge in [0.15, 0.2) is 0 Å². The number of hydrogen-bond donors (Lipinski definition) is 0. The Hall–Kier alpha value is -7.90. The summed E-state index contributed by atoms with van der Waals surface area (Å²) < 4.78 is 16.0. The fourth-order valence-corrected chi connectivity index (χ4v) is 24.0. The lowest BCUT2D eigenvalue weighted by Gasteiger charge is -2.39. The van der Waals surface area contributed by atoms with Gasteiger partial charge in [0.25, 0.3) is 0 Å². The van der Waals surface area contributed by atoms with Crippen LogP contribution in [0.5, 0.6) is 11.5 Å². The summed E-state index contributed by atoms with van der Waals surface area (Å²) in [5.41, 5.74) is 14.9. The molecule has 116 heavy (non-hydrogen) atoms. The van der Waals surface area contributed by atoms with Gasteiger partial charge in [-0.05, 0) is 127 Å². The van der Waals surface area contributed by atoms with Crippen molar-refractivity contribution < 1.29 is 19.1 Å². The number of nitrogens with zero attached hydrogens (tertiary/aromatic N) is 10.